The van der Waals surface area contributed by atoms with Gasteiger partial charge in [-0.15, -0.1) is 0 Å². The second-order valence-electron chi connectivity index (χ2n) is 6.03. The van der Waals surface area contributed by atoms with Gasteiger partial charge in [0.1, 0.15) is 5.75 Å². The fraction of sp³-hybridized carbons (Fsp3) is 0.368. The summed E-state index contributed by atoms with van der Waals surface area (Å²) in [5.41, 5.74) is 5.07. The third-order valence-corrected chi connectivity index (χ3v) is 5.08. The molecule has 2 N–H and O–H groups in total. The van der Waals surface area contributed by atoms with E-state index in [4.69, 9.17) is 14.6 Å². The second kappa shape index (κ2) is 10.3. The normalized spacial score (nSPS) is 11.1. The van der Waals surface area contributed by atoms with E-state index in [1.165, 1.54) is 23.9 Å². The number of fused-ring (bicyclic) bond motifs is 1. The fourth-order valence-electron chi connectivity index (χ4n) is 2.82. The SMILES string of the molecule is COc1ccnc(CSc2nc3cc(OC(F)F)ccc3n2NCCCO)c1OC. The molecule has 1 aromatic carbocycles. The quantitative estimate of drug-likeness (QED) is 0.347. The van der Waals surface area contributed by atoms with Crippen molar-refractivity contribution in [1.29, 1.82) is 0 Å². The highest BCUT2D eigenvalue weighted by Gasteiger charge is 2.16. The molecule has 2 heterocycles. The Morgan fingerprint density at radius 3 is 2.77 bits per heavy atom. The van der Waals surface area contributed by atoms with Crippen LogP contribution in [-0.4, -0.2) is 53.7 Å². The number of hydrogen-bond donors (Lipinski definition) is 2. The van der Waals surface area contributed by atoms with Gasteiger partial charge in [-0.05, 0) is 18.6 Å². The molecule has 8 nitrogen and oxygen atoms in total. The number of aliphatic hydroxyl groups is 1. The number of imidazole rings is 1. The molecular weight excluding hydrogens is 418 g/mol. The molecule has 0 radical (unpaired) electrons. The van der Waals surface area contributed by atoms with Crippen LogP contribution in [0, 0.1) is 0 Å². The molecular formula is C19H22F2N4O4S. The summed E-state index contributed by atoms with van der Waals surface area (Å²) >= 11 is 1.39. The van der Waals surface area contributed by atoms with Crippen molar-refractivity contribution in [3.05, 3.63) is 36.2 Å². The summed E-state index contributed by atoms with van der Waals surface area (Å²) in [5, 5.41) is 9.67. The van der Waals surface area contributed by atoms with E-state index >= 15 is 0 Å². The first-order valence-corrected chi connectivity index (χ1v) is 10.1. The van der Waals surface area contributed by atoms with Crippen LogP contribution in [0.5, 0.6) is 17.2 Å². The highest BCUT2D eigenvalue weighted by molar-refractivity contribution is 7.98. The first-order chi connectivity index (χ1) is 14.6. The molecule has 3 aromatic rings. The Labute approximate surface area is 176 Å². The minimum Gasteiger partial charge on any atom is -0.493 e. The van der Waals surface area contributed by atoms with Crippen molar-refractivity contribution in [2.45, 2.75) is 23.9 Å². The predicted molar refractivity (Wildman–Crippen MR) is 109 cm³/mol. The summed E-state index contributed by atoms with van der Waals surface area (Å²) in [7, 11) is 3.10. The molecule has 162 valence electrons. The number of pyridine rings is 1. The molecule has 3 rings (SSSR count). The molecule has 0 unspecified atom stereocenters. The Balaban J connectivity index is 1.90. The largest absolute Gasteiger partial charge is 0.493 e. The molecule has 0 amide bonds. The van der Waals surface area contributed by atoms with E-state index in [9.17, 15) is 8.78 Å². The number of aliphatic hydroxyl groups excluding tert-OH is 1. The summed E-state index contributed by atoms with van der Waals surface area (Å²) in [4.78, 5) is 8.91. The number of thioether (sulfide) groups is 1. The monoisotopic (exact) mass is 440 g/mol. The maximum absolute atomic E-state index is 12.5. The van der Waals surface area contributed by atoms with Crippen LogP contribution >= 0.6 is 11.8 Å². The number of nitrogens with one attached hydrogen (secondary N) is 1. The highest BCUT2D eigenvalue weighted by Crippen LogP contribution is 2.34. The number of nitrogens with zero attached hydrogens (tertiary/aromatic N) is 3. The lowest BCUT2D eigenvalue weighted by Crippen LogP contribution is -2.17. The number of rotatable bonds is 11. The zero-order valence-electron chi connectivity index (χ0n) is 16.5. The predicted octanol–water partition coefficient (Wildman–Crippen LogP) is 3.27. The van der Waals surface area contributed by atoms with Crippen molar-refractivity contribution in [1.82, 2.24) is 14.6 Å². The summed E-state index contributed by atoms with van der Waals surface area (Å²) < 4.78 is 42.0. The van der Waals surface area contributed by atoms with Gasteiger partial charge in [0.2, 0.25) is 0 Å². The van der Waals surface area contributed by atoms with E-state index in [1.54, 1.807) is 37.2 Å². The summed E-state index contributed by atoms with van der Waals surface area (Å²) in [6.07, 6.45) is 2.18. The first-order valence-electron chi connectivity index (χ1n) is 9.08. The summed E-state index contributed by atoms with van der Waals surface area (Å²) in [6.45, 7) is -2.36. The molecule has 0 fully saturated rings. The molecule has 0 atom stereocenters. The van der Waals surface area contributed by atoms with Crippen LogP contribution in [0.25, 0.3) is 11.0 Å². The molecule has 0 aliphatic heterocycles. The van der Waals surface area contributed by atoms with Gasteiger partial charge in [0, 0.05) is 37.2 Å². The van der Waals surface area contributed by atoms with Crippen LogP contribution in [0.3, 0.4) is 0 Å². The molecule has 0 saturated carbocycles. The molecule has 0 aliphatic rings. The summed E-state index contributed by atoms with van der Waals surface area (Å²) in [5.74, 6) is 1.58. The van der Waals surface area contributed by atoms with Crippen molar-refractivity contribution in [3.8, 4) is 17.2 Å². The van der Waals surface area contributed by atoms with Gasteiger partial charge in [0.15, 0.2) is 16.7 Å². The van der Waals surface area contributed by atoms with Crippen molar-refractivity contribution in [3.63, 3.8) is 0 Å². The van der Waals surface area contributed by atoms with Crippen LogP contribution in [0.15, 0.2) is 35.6 Å². The average molecular weight is 440 g/mol. The zero-order valence-corrected chi connectivity index (χ0v) is 17.3. The number of benzene rings is 1. The van der Waals surface area contributed by atoms with E-state index in [-0.39, 0.29) is 12.4 Å². The molecule has 2 aromatic heterocycles. The fourth-order valence-corrected chi connectivity index (χ4v) is 3.75. The maximum Gasteiger partial charge on any atom is 0.387 e. The lowest BCUT2D eigenvalue weighted by atomic mass is 10.3. The van der Waals surface area contributed by atoms with Gasteiger partial charge in [-0.25, -0.2) is 9.66 Å². The van der Waals surface area contributed by atoms with Gasteiger partial charge >= 0.3 is 6.61 Å². The first kappa shape index (κ1) is 21.9. The Morgan fingerprint density at radius 2 is 2.07 bits per heavy atom. The van der Waals surface area contributed by atoms with E-state index in [1.807, 2.05) is 0 Å². The molecule has 30 heavy (non-hydrogen) atoms. The third-order valence-electron chi connectivity index (χ3n) is 4.13. The van der Waals surface area contributed by atoms with Gasteiger partial charge in [-0.1, -0.05) is 11.8 Å². The summed E-state index contributed by atoms with van der Waals surface area (Å²) in [6, 6.07) is 6.28. The lowest BCUT2D eigenvalue weighted by molar-refractivity contribution is -0.0497. The minimum absolute atomic E-state index is 0.0326. The Kier molecular flexibility index (Phi) is 7.52. The van der Waals surface area contributed by atoms with E-state index in [0.29, 0.717) is 52.1 Å². The Morgan fingerprint density at radius 1 is 1.23 bits per heavy atom. The second-order valence-corrected chi connectivity index (χ2v) is 6.97. The van der Waals surface area contributed by atoms with Gasteiger partial charge in [0.05, 0.1) is 30.9 Å². The van der Waals surface area contributed by atoms with Crippen molar-refractivity contribution in [2.75, 3.05) is 32.8 Å². The Bertz CT molecular complexity index is 987. The van der Waals surface area contributed by atoms with Crippen LogP contribution in [0.2, 0.25) is 0 Å². The molecule has 0 spiro atoms. The average Bonchev–Trinajstić information content (AvgIpc) is 3.08. The minimum atomic E-state index is -2.91. The maximum atomic E-state index is 12.5. The molecule has 0 bridgehead atoms. The number of alkyl halides is 2. The van der Waals surface area contributed by atoms with Gasteiger partial charge in [0.25, 0.3) is 0 Å². The lowest BCUT2D eigenvalue weighted by Gasteiger charge is -2.13. The third kappa shape index (κ3) is 5.03. The topological polar surface area (TPSA) is 90.7 Å². The van der Waals surface area contributed by atoms with Crippen LogP contribution in [0.1, 0.15) is 12.1 Å². The van der Waals surface area contributed by atoms with Gasteiger partial charge < -0.3 is 24.7 Å². The Hall–Kier alpha value is -2.79. The van der Waals surface area contributed by atoms with Crippen LogP contribution < -0.4 is 19.6 Å². The van der Waals surface area contributed by atoms with Crippen LogP contribution in [-0.2, 0) is 5.75 Å². The highest BCUT2D eigenvalue weighted by atomic mass is 32.2. The van der Waals surface area contributed by atoms with Crippen molar-refractivity contribution < 1.29 is 28.1 Å². The van der Waals surface area contributed by atoms with Gasteiger partial charge in [-0.3, -0.25) is 4.98 Å². The van der Waals surface area contributed by atoms with Crippen molar-refractivity contribution >= 4 is 22.8 Å². The number of methoxy groups -OCH3 is 2. The molecule has 11 heteroatoms. The number of hydrogen-bond acceptors (Lipinski definition) is 8. The molecule has 0 aliphatic carbocycles. The number of aromatic nitrogens is 3. The zero-order chi connectivity index (χ0) is 21.5. The smallest absolute Gasteiger partial charge is 0.387 e. The van der Waals surface area contributed by atoms with Gasteiger partial charge in [-0.2, -0.15) is 8.78 Å². The van der Waals surface area contributed by atoms with E-state index < -0.39 is 6.61 Å². The number of halogens is 2. The van der Waals surface area contributed by atoms with E-state index in [2.05, 4.69) is 20.1 Å². The van der Waals surface area contributed by atoms with Crippen LogP contribution in [0.4, 0.5) is 8.78 Å². The standard InChI is InChI=1S/C19H22F2N4O4S/c1-27-16-6-8-22-14(17(16)28-2)11-30-19-24-13-10-12(29-18(20)21)4-5-15(13)25(19)23-7-3-9-26/h4-6,8,10,18,23,26H,3,7,9,11H2,1-2H3. The van der Waals surface area contributed by atoms with E-state index in [0.717, 1.165) is 0 Å². The molecule has 0 saturated heterocycles. The van der Waals surface area contributed by atoms with Crippen molar-refractivity contribution in [2.24, 2.45) is 0 Å². The number of ether oxygens (including phenoxy) is 3.